The number of hydrogen-bond acceptors (Lipinski definition) is 5. The molecule has 7 nitrogen and oxygen atoms in total. The van der Waals surface area contributed by atoms with Gasteiger partial charge < -0.3 is 10.1 Å². The first kappa shape index (κ1) is 21.2. The Labute approximate surface area is 192 Å². The molecule has 0 spiro atoms. The Morgan fingerprint density at radius 3 is 2.65 bits per heavy atom. The number of amides is 1. The van der Waals surface area contributed by atoms with Gasteiger partial charge in [0.2, 0.25) is 11.1 Å². The van der Waals surface area contributed by atoms with Gasteiger partial charge in [-0.1, -0.05) is 39.8 Å². The highest BCUT2D eigenvalue weighted by atomic mass is 79.9. The van der Waals surface area contributed by atoms with Crippen LogP contribution >= 0.6 is 27.7 Å². The monoisotopic (exact) mass is 497 g/mol. The minimum absolute atomic E-state index is 0.118. The van der Waals surface area contributed by atoms with Gasteiger partial charge in [-0.15, -0.1) is 10.2 Å². The summed E-state index contributed by atoms with van der Waals surface area (Å²) >= 11 is 4.78. The lowest BCUT2D eigenvalue weighted by Crippen LogP contribution is -2.16. The second-order valence-electron chi connectivity index (χ2n) is 6.68. The summed E-state index contributed by atoms with van der Waals surface area (Å²) in [7, 11) is 1.62. The summed E-state index contributed by atoms with van der Waals surface area (Å²) in [4.78, 5) is 12.5. The van der Waals surface area contributed by atoms with E-state index in [4.69, 9.17) is 4.74 Å². The third-order valence-corrected chi connectivity index (χ3v) is 6.36. The van der Waals surface area contributed by atoms with Crippen LogP contribution in [0.3, 0.4) is 0 Å². The maximum Gasteiger partial charge on any atom is 0.234 e. The number of hydrogen-bond donors (Lipinski definition) is 1. The SMILES string of the molecule is COc1ccccc1-c1nnc(SCC(=O)Nc2ccc(Br)c(C)c2)n1-n1cccc1. The van der Waals surface area contributed by atoms with E-state index in [-0.39, 0.29) is 11.7 Å². The molecule has 0 saturated heterocycles. The zero-order valence-electron chi connectivity index (χ0n) is 16.9. The predicted molar refractivity (Wildman–Crippen MR) is 125 cm³/mol. The van der Waals surface area contributed by atoms with Gasteiger partial charge in [-0.25, -0.2) is 4.68 Å². The summed E-state index contributed by atoms with van der Waals surface area (Å²) in [6.07, 6.45) is 3.80. The molecule has 0 unspecified atom stereocenters. The van der Waals surface area contributed by atoms with E-state index in [1.54, 1.807) is 7.11 Å². The van der Waals surface area contributed by atoms with E-state index in [0.717, 1.165) is 21.3 Å². The fourth-order valence-electron chi connectivity index (χ4n) is 3.07. The number of ether oxygens (including phenoxy) is 1. The third-order valence-electron chi connectivity index (χ3n) is 4.55. The summed E-state index contributed by atoms with van der Waals surface area (Å²) in [6, 6.07) is 17.2. The van der Waals surface area contributed by atoms with Gasteiger partial charge in [-0.2, -0.15) is 0 Å². The predicted octanol–water partition coefficient (Wildman–Crippen LogP) is 4.87. The number of anilines is 1. The molecule has 2 aromatic carbocycles. The molecule has 4 rings (SSSR count). The Morgan fingerprint density at radius 2 is 1.90 bits per heavy atom. The summed E-state index contributed by atoms with van der Waals surface area (Å²) in [5, 5.41) is 12.3. The van der Waals surface area contributed by atoms with Crippen LogP contribution in [0, 0.1) is 6.92 Å². The van der Waals surface area contributed by atoms with Gasteiger partial charge in [-0.3, -0.25) is 9.47 Å². The topological polar surface area (TPSA) is 74.0 Å². The number of methoxy groups -OCH3 is 1. The van der Waals surface area contributed by atoms with Crippen LogP contribution in [0.25, 0.3) is 11.4 Å². The fourth-order valence-corrected chi connectivity index (χ4v) is 4.05. The van der Waals surface area contributed by atoms with Gasteiger partial charge in [0, 0.05) is 22.6 Å². The van der Waals surface area contributed by atoms with E-state index in [1.165, 1.54) is 11.8 Å². The van der Waals surface area contributed by atoms with Crippen molar-refractivity contribution in [2.24, 2.45) is 0 Å². The molecule has 9 heteroatoms. The fraction of sp³-hybridized carbons (Fsp3) is 0.136. The first-order valence-electron chi connectivity index (χ1n) is 9.48. The highest BCUT2D eigenvalue weighted by molar-refractivity contribution is 9.10. The van der Waals surface area contributed by atoms with Crippen LogP contribution in [0.2, 0.25) is 0 Å². The van der Waals surface area contributed by atoms with Crippen molar-refractivity contribution in [3.05, 3.63) is 77.0 Å². The zero-order valence-corrected chi connectivity index (χ0v) is 19.4. The largest absolute Gasteiger partial charge is 0.496 e. The van der Waals surface area contributed by atoms with E-state index in [2.05, 4.69) is 31.4 Å². The lowest BCUT2D eigenvalue weighted by Gasteiger charge is -2.13. The Balaban J connectivity index is 1.58. The molecule has 158 valence electrons. The van der Waals surface area contributed by atoms with Crippen LogP contribution in [0.5, 0.6) is 5.75 Å². The second kappa shape index (κ2) is 9.40. The average molecular weight is 498 g/mol. The van der Waals surface area contributed by atoms with Crippen molar-refractivity contribution in [3.63, 3.8) is 0 Å². The summed E-state index contributed by atoms with van der Waals surface area (Å²) < 4.78 is 10.2. The van der Waals surface area contributed by atoms with E-state index in [0.29, 0.717) is 16.7 Å². The minimum Gasteiger partial charge on any atom is -0.496 e. The number of carbonyl (C=O) groups is 1. The molecule has 0 aliphatic heterocycles. The van der Waals surface area contributed by atoms with E-state index in [9.17, 15) is 4.79 Å². The third kappa shape index (κ3) is 4.67. The van der Waals surface area contributed by atoms with Crippen molar-refractivity contribution in [1.82, 2.24) is 19.5 Å². The summed E-state index contributed by atoms with van der Waals surface area (Å²) in [5.41, 5.74) is 2.62. The van der Waals surface area contributed by atoms with E-state index >= 15 is 0 Å². The molecular formula is C22H20BrN5O2S. The molecule has 0 radical (unpaired) electrons. The lowest BCUT2D eigenvalue weighted by atomic mass is 10.2. The van der Waals surface area contributed by atoms with Crippen LogP contribution in [0.4, 0.5) is 5.69 Å². The number of carbonyl (C=O) groups excluding carboxylic acids is 1. The molecule has 0 aliphatic carbocycles. The van der Waals surface area contributed by atoms with Crippen LogP contribution in [0.1, 0.15) is 5.56 Å². The van der Waals surface area contributed by atoms with Gasteiger partial charge in [0.05, 0.1) is 18.4 Å². The number of para-hydroxylation sites is 1. The Kier molecular flexibility index (Phi) is 6.43. The van der Waals surface area contributed by atoms with Crippen molar-refractivity contribution < 1.29 is 9.53 Å². The number of benzene rings is 2. The molecule has 2 heterocycles. The van der Waals surface area contributed by atoms with Gasteiger partial charge in [0.15, 0.2) is 5.82 Å². The maximum atomic E-state index is 12.5. The van der Waals surface area contributed by atoms with Crippen molar-refractivity contribution in [2.45, 2.75) is 12.1 Å². The maximum absolute atomic E-state index is 12.5. The molecule has 0 aliphatic rings. The molecule has 0 saturated carbocycles. The van der Waals surface area contributed by atoms with Gasteiger partial charge >= 0.3 is 0 Å². The molecule has 4 aromatic rings. The number of aromatic nitrogens is 4. The van der Waals surface area contributed by atoms with Gasteiger partial charge in [-0.05, 0) is 55.0 Å². The van der Waals surface area contributed by atoms with E-state index in [1.807, 2.05) is 83.3 Å². The van der Waals surface area contributed by atoms with Crippen molar-refractivity contribution in [1.29, 1.82) is 0 Å². The number of nitrogens with zero attached hydrogens (tertiary/aromatic N) is 4. The summed E-state index contributed by atoms with van der Waals surface area (Å²) in [5.74, 6) is 1.40. The number of thioether (sulfide) groups is 1. The molecule has 1 N–H and O–H groups in total. The molecule has 0 fully saturated rings. The Bertz CT molecular complexity index is 1210. The van der Waals surface area contributed by atoms with Crippen LogP contribution in [0.15, 0.2) is 76.6 Å². The van der Waals surface area contributed by atoms with Gasteiger partial charge in [0.25, 0.3) is 0 Å². The van der Waals surface area contributed by atoms with E-state index < -0.39 is 0 Å². The molecule has 31 heavy (non-hydrogen) atoms. The first-order chi connectivity index (χ1) is 15.1. The average Bonchev–Trinajstić information content (AvgIpc) is 3.44. The Morgan fingerprint density at radius 1 is 1.13 bits per heavy atom. The van der Waals surface area contributed by atoms with Crippen LogP contribution in [-0.4, -0.2) is 38.3 Å². The standard InChI is InChI=1S/C22H20BrN5O2S/c1-15-13-16(9-10-18(15)23)24-20(29)14-31-22-26-25-21(28(22)27-11-5-6-12-27)17-7-3-4-8-19(17)30-2/h3-13H,14H2,1-2H3,(H,24,29). The highest BCUT2D eigenvalue weighted by Gasteiger charge is 2.19. The smallest absolute Gasteiger partial charge is 0.234 e. The van der Waals surface area contributed by atoms with Gasteiger partial charge in [0.1, 0.15) is 5.75 Å². The lowest BCUT2D eigenvalue weighted by molar-refractivity contribution is -0.113. The number of rotatable bonds is 7. The normalized spacial score (nSPS) is 10.8. The first-order valence-corrected chi connectivity index (χ1v) is 11.3. The second-order valence-corrected chi connectivity index (χ2v) is 8.48. The molecule has 0 atom stereocenters. The number of nitrogens with one attached hydrogen (secondary N) is 1. The molecule has 0 bridgehead atoms. The number of halogens is 1. The highest BCUT2D eigenvalue weighted by Crippen LogP contribution is 2.31. The molecular weight excluding hydrogens is 478 g/mol. The zero-order chi connectivity index (χ0) is 21.8. The van der Waals surface area contributed by atoms with Crippen LogP contribution < -0.4 is 10.1 Å². The number of aryl methyl sites for hydroxylation is 1. The molecule has 2 aromatic heterocycles. The Hall–Kier alpha value is -3.04. The van der Waals surface area contributed by atoms with Crippen LogP contribution in [-0.2, 0) is 4.79 Å². The summed E-state index contributed by atoms with van der Waals surface area (Å²) in [6.45, 7) is 1.98. The van der Waals surface area contributed by atoms with Crippen molar-refractivity contribution >= 4 is 39.3 Å². The quantitative estimate of drug-likeness (QED) is 0.368. The van der Waals surface area contributed by atoms with Crippen molar-refractivity contribution in [2.75, 3.05) is 18.2 Å². The molecule has 1 amide bonds. The van der Waals surface area contributed by atoms with Crippen molar-refractivity contribution in [3.8, 4) is 17.1 Å². The minimum atomic E-state index is -0.118.